The van der Waals surface area contributed by atoms with Crippen molar-refractivity contribution < 1.29 is 9.90 Å². The number of carboxylic acids is 1. The average Bonchev–Trinajstić information content (AvgIpc) is 2.40. The largest absolute Gasteiger partial charge is 0.478 e. The van der Waals surface area contributed by atoms with E-state index >= 15 is 0 Å². The number of pyridine rings is 1. The number of nitrogens with one attached hydrogen (secondary N) is 1. The maximum Gasteiger partial charge on any atom is 0.339 e. The summed E-state index contributed by atoms with van der Waals surface area (Å²) in [7, 11) is 0. The molecular weight excluding hydrogens is 232 g/mol. The van der Waals surface area contributed by atoms with Crippen LogP contribution in [0.4, 0.5) is 0 Å². The van der Waals surface area contributed by atoms with E-state index in [1.54, 1.807) is 12.4 Å². The Labute approximate surface area is 104 Å². The number of nitrogens with zero attached hydrogens (tertiary/aromatic N) is 3. The molecule has 2 heterocycles. The number of hydrogen-bond donors (Lipinski definition) is 2. The van der Waals surface area contributed by atoms with Crippen LogP contribution in [-0.2, 0) is 13.1 Å². The molecule has 0 aromatic carbocycles. The summed E-state index contributed by atoms with van der Waals surface area (Å²) < 4.78 is 0. The van der Waals surface area contributed by atoms with Crippen LogP contribution in [0, 0.1) is 0 Å². The van der Waals surface area contributed by atoms with Gasteiger partial charge in [0.05, 0.1) is 5.69 Å². The quantitative estimate of drug-likeness (QED) is 0.811. The minimum absolute atomic E-state index is 0.121. The fourth-order valence-electron chi connectivity index (χ4n) is 1.50. The Bertz CT molecular complexity index is 531. The van der Waals surface area contributed by atoms with Gasteiger partial charge in [0.25, 0.3) is 0 Å². The van der Waals surface area contributed by atoms with Crippen LogP contribution in [0.15, 0.2) is 37.1 Å². The fourth-order valence-corrected chi connectivity index (χ4v) is 1.50. The van der Waals surface area contributed by atoms with Gasteiger partial charge in [-0.05, 0) is 11.6 Å². The van der Waals surface area contributed by atoms with Gasteiger partial charge in [0.1, 0.15) is 11.9 Å². The highest BCUT2D eigenvalue weighted by molar-refractivity contribution is 5.88. The minimum Gasteiger partial charge on any atom is -0.478 e. The SMILES string of the molecule is O=C(O)c1cncnc1CNCc1cccnc1. The molecule has 0 aliphatic carbocycles. The van der Waals surface area contributed by atoms with Crippen LogP contribution in [0.2, 0.25) is 0 Å². The standard InChI is InChI=1S/C12H12N4O2/c17-12(18)10-6-15-8-16-11(10)7-14-5-9-2-1-3-13-4-9/h1-4,6,8,14H,5,7H2,(H,17,18). The molecule has 0 aliphatic rings. The van der Waals surface area contributed by atoms with Gasteiger partial charge in [-0.2, -0.15) is 0 Å². The number of carboxylic acid groups (broad SMARTS) is 1. The molecule has 0 unspecified atom stereocenters. The average molecular weight is 244 g/mol. The van der Waals surface area contributed by atoms with Crippen molar-refractivity contribution in [2.45, 2.75) is 13.1 Å². The first-order valence-electron chi connectivity index (χ1n) is 5.39. The molecule has 2 aromatic heterocycles. The van der Waals surface area contributed by atoms with Gasteiger partial charge < -0.3 is 10.4 Å². The van der Waals surface area contributed by atoms with Gasteiger partial charge in [0.2, 0.25) is 0 Å². The van der Waals surface area contributed by atoms with Crippen molar-refractivity contribution >= 4 is 5.97 Å². The third kappa shape index (κ3) is 3.08. The molecule has 0 spiro atoms. The van der Waals surface area contributed by atoms with E-state index in [2.05, 4.69) is 20.3 Å². The van der Waals surface area contributed by atoms with Gasteiger partial charge >= 0.3 is 5.97 Å². The maximum absolute atomic E-state index is 10.9. The summed E-state index contributed by atoms with van der Waals surface area (Å²) in [5.41, 5.74) is 1.63. The van der Waals surface area contributed by atoms with Gasteiger partial charge in [-0.1, -0.05) is 6.07 Å². The number of rotatable bonds is 5. The second kappa shape index (κ2) is 5.83. The van der Waals surface area contributed by atoms with Crippen molar-refractivity contribution in [3.8, 4) is 0 Å². The highest BCUT2D eigenvalue weighted by Gasteiger charge is 2.10. The molecule has 0 saturated heterocycles. The van der Waals surface area contributed by atoms with Gasteiger partial charge in [-0.25, -0.2) is 14.8 Å². The molecule has 0 saturated carbocycles. The van der Waals surface area contributed by atoms with Crippen LogP contribution in [0.5, 0.6) is 0 Å². The molecule has 18 heavy (non-hydrogen) atoms. The second-order valence-electron chi connectivity index (χ2n) is 3.65. The van der Waals surface area contributed by atoms with E-state index in [4.69, 9.17) is 5.11 Å². The van der Waals surface area contributed by atoms with Crippen molar-refractivity contribution in [1.82, 2.24) is 20.3 Å². The van der Waals surface area contributed by atoms with Crippen molar-refractivity contribution in [3.05, 3.63) is 53.9 Å². The summed E-state index contributed by atoms with van der Waals surface area (Å²) in [6, 6.07) is 3.79. The van der Waals surface area contributed by atoms with E-state index in [0.29, 0.717) is 18.8 Å². The summed E-state index contributed by atoms with van der Waals surface area (Å²) in [5, 5.41) is 12.1. The van der Waals surface area contributed by atoms with E-state index in [-0.39, 0.29) is 5.56 Å². The maximum atomic E-state index is 10.9. The predicted octanol–water partition coefficient (Wildman–Crippen LogP) is 0.860. The molecular formula is C12H12N4O2. The molecule has 2 aromatic rings. The third-order valence-corrected chi connectivity index (χ3v) is 2.37. The summed E-state index contributed by atoms with van der Waals surface area (Å²) in [4.78, 5) is 22.6. The monoisotopic (exact) mass is 244 g/mol. The van der Waals surface area contributed by atoms with Gasteiger partial charge in [0, 0.05) is 31.7 Å². The van der Waals surface area contributed by atoms with Crippen LogP contribution < -0.4 is 5.32 Å². The van der Waals surface area contributed by atoms with Crippen LogP contribution in [0.1, 0.15) is 21.6 Å². The Hall–Kier alpha value is -2.34. The van der Waals surface area contributed by atoms with Crippen LogP contribution in [0.3, 0.4) is 0 Å². The first-order chi connectivity index (χ1) is 8.77. The topological polar surface area (TPSA) is 88.0 Å². The molecule has 2 N–H and O–H groups in total. The summed E-state index contributed by atoms with van der Waals surface area (Å²) in [5.74, 6) is -1.02. The number of aromatic carboxylic acids is 1. The summed E-state index contributed by atoms with van der Waals surface area (Å²) >= 11 is 0. The zero-order valence-electron chi connectivity index (χ0n) is 9.58. The molecule has 0 bridgehead atoms. The zero-order valence-corrected chi connectivity index (χ0v) is 9.58. The number of hydrogen-bond acceptors (Lipinski definition) is 5. The lowest BCUT2D eigenvalue weighted by Crippen LogP contribution is -2.17. The van der Waals surface area contributed by atoms with Crippen LogP contribution >= 0.6 is 0 Å². The highest BCUT2D eigenvalue weighted by Crippen LogP contribution is 2.03. The van der Waals surface area contributed by atoms with E-state index < -0.39 is 5.97 Å². The Kier molecular flexibility index (Phi) is 3.93. The number of aromatic nitrogens is 3. The third-order valence-electron chi connectivity index (χ3n) is 2.37. The normalized spacial score (nSPS) is 10.2. The Balaban J connectivity index is 1.97. The molecule has 0 aliphatic heterocycles. The van der Waals surface area contributed by atoms with Crippen molar-refractivity contribution in [2.75, 3.05) is 0 Å². The second-order valence-corrected chi connectivity index (χ2v) is 3.65. The highest BCUT2D eigenvalue weighted by atomic mass is 16.4. The van der Waals surface area contributed by atoms with Crippen molar-refractivity contribution in [1.29, 1.82) is 0 Å². The van der Waals surface area contributed by atoms with E-state index in [1.165, 1.54) is 12.5 Å². The van der Waals surface area contributed by atoms with E-state index in [9.17, 15) is 4.79 Å². The number of carbonyl (C=O) groups is 1. The van der Waals surface area contributed by atoms with Gasteiger partial charge in [-0.3, -0.25) is 4.98 Å². The lowest BCUT2D eigenvalue weighted by molar-refractivity contribution is 0.0694. The first-order valence-corrected chi connectivity index (χ1v) is 5.39. The molecule has 6 nitrogen and oxygen atoms in total. The lowest BCUT2D eigenvalue weighted by atomic mass is 10.2. The van der Waals surface area contributed by atoms with Crippen LogP contribution in [-0.4, -0.2) is 26.0 Å². The fraction of sp³-hybridized carbons (Fsp3) is 0.167. The molecule has 2 rings (SSSR count). The molecule has 0 radical (unpaired) electrons. The molecule has 0 fully saturated rings. The first kappa shape index (κ1) is 12.1. The minimum atomic E-state index is -1.02. The molecule has 92 valence electrons. The van der Waals surface area contributed by atoms with Crippen LogP contribution in [0.25, 0.3) is 0 Å². The zero-order chi connectivity index (χ0) is 12.8. The molecule has 0 amide bonds. The smallest absolute Gasteiger partial charge is 0.339 e. The van der Waals surface area contributed by atoms with E-state index in [1.807, 2.05) is 12.1 Å². The Morgan fingerprint density at radius 2 is 2.17 bits per heavy atom. The van der Waals surface area contributed by atoms with Crippen molar-refractivity contribution in [3.63, 3.8) is 0 Å². The van der Waals surface area contributed by atoms with E-state index in [0.717, 1.165) is 5.56 Å². The summed E-state index contributed by atoms with van der Waals surface area (Å²) in [6.07, 6.45) is 6.10. The summed E-state index contributed by atoms with van der Waals surface area (Å²) in [6.45, 7) is 0.982. The lowest BCUT2D eigenvalue weighted by Gasteiger charge is -2.06. The molecule has 0 atom stereocenters. The Morgan fingerprint density at radius 3 is 2.89 bits per heavy atom. The van der Waals surface area contributed by atoms with Gasteiger partial charge in [-0.15, -0.1) is 0 Å². The predicted molar refractivity (Wildman–Crippen MR) is 63.8 cm³/mol. The van der Waals surface area contributed by atoms with Crippen molar-refractivity contribution in [2.24, 2.45) is 0 Å². The van der Waals surface area contributed by atoms with Gasteiger partial charge in [0.15, 0.2) is 0 Å². The molecule has 6 heteroatoms. The Morgan fingerprint density at radius 1 is 1.28 bits per heavy atom.